The largest absolute Gasteiger partial charge is 0.457 e. The lowest BCUT2D eigenvalue weighted by atomic mass is 10.1. The van der Waals surface area contributed by atoms with Crippen LogP contribution in [0.3, 0.4) is 0 Å². The molecule has 1 aromatic carbocycles. The van der Waals surface area contributed by atoms with Crippen molar-refractivity contribution >= 4 is 11.7 Å². The number of nitrogens with zero attached hydrogens (tertiary/aromatic N) is 2. The first kappa shape index (κ1) is 16.8. The number of benzene rings is 1. The normalized spacial score (nSPS) is 13.5. The number of hydrogen-bond acceptors (Lipinski definition) is 5. The number of rotatable bonds is 7. The van der Waals surface area contributed by atoms with Crippen LogP contribution in [0.1, 0.15) is 23.7 Å². The molecule has 0 aliphatic rings. The lowest BCUT2D eigenvalue weighted by Gasteiger charge is -2.28. The van der Waals surface area contributed by atoms with Crippen LogP contribution in [0.4, 0.5) is 5.69 Å². The monoisotopic (exact) mass is 292 g/mol. The Kier molecular flexibility index (Phi) is 6.05. The Labute approximate surface area is 124 Å². The van der Waals surface area contributed by atoms with E-state index in [0.29, 0.717) is 12.0 Å². The molecule has 0 aliphatic heterocycles. The minimum atomic E-state index is -0.510. The van der Waals surface area contributed by atoms with Crippen molar-refractivity contribution in [3.05, 3.63) is 52.6 Å². The molecule has 1 aromatic rings. The molecule has 0 aromatic heterocycles. The van der Waals surface area contributed by atoms with Gasteiger partial charge in [-0.2, -0.15) is 0 Å². The molecule has 6 heteroatoms. The number of hydrogen-bond donors (Lipinski definition) is 0. The quantitative estimate of drug-likeness (QED) is 0.334. The number of esters is 1. The summed E-state index contributed by atoms with van der Waals surface area (Å²) in [4.78, 5) is 24.1. The van der Waals surface area contributed by atoms with E-state index in [9.17, 15) is 14.9 Å². The van der Waals surface area contributed by atoms with Gasteiger partial charge >= 0.3 is 5.97 Å². The molecule has 0 N–H and O–H groups in total. The van der Waals surface area contributed by atoms with Crippen LogP contribution >= 0.6 is 0 Å². The lowest BCUT2D eigenvalue weighted by Crippen LogP contribution is -2.39. The number of nitro groups is 1. The zero-order valence-electron chi connectivity index (χ0n) is 12.5. The molecule has 0 saturated carbocycles. The average molecular weight is 292 g/mol. The third-order valence-electron chi connectivity index (χ3n) is 3.32. The minimum absolute atomic E-state index is 0.0324. The fourth-order valence-corrected chi connectivity index (χ4v) is 1.77. The van der Waals surface area contributed by atoms with Gasteiger partial charge in [0, 0.05) is 24.6 Å². The van der Waals surface area contributed by atoms with Crippen LogP contribution < -0.4 is 0 Å². The average Bonchev–Trinajstić information content (AvgIpc) is 2.45. The molecule has 0 unspecified atom stereocenters. The zero-order valence-corrected chi connectivity index (χ0v) is 12.5. The maximum absolute atomic E-state index is 12.1. The summed E-state index contributed by atoms with van der Waals surface area (Å²) in [5.74, 6) is -0.495. The summed E-state index contributed by atoms with van der Waals surface area (Å²) in [6.07, 6.45) is 1.92. The standard InChI is InChI=1S/C15H20N2O4/c1-5-6-14(11(2)16(3)4)21-15(18)12-7-9-13(10-8-12)17(19)20/h5,7-11,14H,1,6H2,2-4H3/t11-,14-/m0/s1. The Hall–Kier alpha value is -2.21. The van der Waals surface area contributed by atoms with Crippen LogP contribution in [0.25, 0.3) is 0 Å². The Balaban J connectivity index is 2.81. The van der Waals surface area contributed by atoms with Gasteiger partial charge in [-0.3, -0.25) is 10.1 Å². The van der Waals surface area contributed by atoms with Gasteiger partial charge in [0.2, 0.25) is 0 Å². The second-order valence-corrected chi connectivity index (χ2v) is 4.98. The molecule has 114 valence electrons. The van der Waals surface area contributed by atoms with Crippen LogP contribution in [-0.4, -0.2) is 42.0 Å². The van der Waals surface area contributed by atoms with Gasteiger partial charge in [-0.25, -0.2) is 4.79 Å². The Morgan fingerprint density at radius 2 is 2.00 bits per heavy atom. The van der Waals surface area contributed by atoms with Gasteiger partial charge in [-0.05, 0) is 33.2 Å². The van der Waals surface area contributed by atoms with Crippen molar-refractivity contribution in [1.82, 2.24) is 4.90 Å². The molecule has 0 amide bonds. The van der Waals surface area contributed by atoms with Crippen LogP contribution in [0.5, 0.6) is 0 Å². The molecule has 21 heavy (non-hydrogen) atoms. The van der Waals surface area contributed by atoms with E-state index in [0.717, 1.165) is 0 Å². The van der Waals surface area contributed by atoms with Gasteiger partial charge in [0.25, 0.3) is 5.69 Å². The first-order valence-electron chi connectivity index (χ1n) is 6.59. The zero-order chi connectivity index (χ0) is 16.0. The first-order chi connectivity index (χ1) is 9.86. The minimum Gasteiger partial charge on any atom is -0.457 e. The molecule has 0 radical (unpaired) electrons. The summed E-state index contributed by atoms with van der Waals surface area (Å²) in [6.45, 7) is 5.62. The van der Waals surface area contributed by atoms with Gasteiger partial charge in [0.1, 0.15) is 6.10 Å². The maximum atomic E-state index is 12.1. The van der Waals surface area contributed by atoms with E-state index in [1.165, 1.54) is 24.3 Å². The summed E-state index contributed by atoms with van der Waals surface area (Å²) in [5, 5.41) is 10.6. The van der Waals surface area contributed by atoms with E-state index in [2.05, 4.69) is 6.58 Å². The molecule has 1 rings (SSSR count). The number of non-ortho nitro benzene ring substituents is 1. The summed E-state index contributed by atoms with van der Waals surface area (Å²) in [6, 6.07) is 5.39. The van der Waals surface area contributed by atoms with Crippen molar-refractivity contribution < 1.29 is 14.5 Å². The highest BCUT2D eigenvalue weighted by molar-refractivity contribution is 5.89. The fourth-order valence-electron chi connectivity index (χ4n) is 1.77. The molecule has 0 bridgehead atoms. The Morgan fingerprint density at radius 1 is 1.43 bits per heavy atom. The summed E-state index contributed by atoms with van der Waals surface area (Å²) < 4.78 is 5.48. The van der Waals surface area contributed by atoms with Crippen molar-refractivity contribution in [1.29, 1.82) is 0 Å². The molecule has 0 aliphatic carbocycles. The number of likely N-dealkylation sites (N-methyl/N-ethyl adjacent to an activating group) is 1. The first-order valence-corrected chi connectivity index (χ1v) is 6.59. The predicted octanol–water partition coefficient (Wildman–Crippen LogP) is 2.65. The Bertz CT molecular complexity index is 511. The highest BCUT2D eigenvalue weighted by Crippen LogP contribution is 2.16. The molecule has 0 saturated heterocycles. The lowest BCUT2D eigenvalue weighted by molar-refractivity contribution is -0.384. The molecule has 2 atom stereocenters. The van der Waals surface area contributed by atoms with Gasteiger partial charge in [0.05, 0.1) is 10.5 Å². The van der Waals surface area contributed by atoms with E-state index >= 15 is 0 Å². The molecular weight excluding hydrogens is 272 g/mol. The van der Waals surface area contributed by atoms with Crippen LogP contribution in [-0.2, 0) is 4.74 Å². The highest BCUT2D eigenvalue weighted by atomic mass is 16.6. The third kappa shape index (κ3) is 4.68. The maximum Gasteiger partial charge on any atom is 0.338 e. The molecule has 0 heterocycles. The smallest absolute Gasteiger partial charge is 0.338 e. The van der Waals surface area contributed by atoms with E-state index in [4.69, 9.17) is 4.74 Å². The van der Waals surface area contributed by atoms with E-state index in [-0.39, 0.29) is 17.8 Å². The topological polar surface area (TPSA) is 72.7 Å². The third-order valence-corrected chi connectivity index (χ3v) is 3.32. The second-order valence-electron chi connectivity index (χ2n) is 4.98. The predicted molar refractivity (Wildman–Crippen MR) is 80.3 cm³/mol. The van der Waals surface area contributed by atoms with Crippen LogP contribution in [0.15, 0.2) is 36.9 Å². The summed E-state index contributed by atoms with van der Waals surface area (Å²) in [5.41, 5.74) is 0.233. The van der Waals surface area contributed by atoms with Gasteiger partial charge in [0.15, 0.2) is 0 Å². The molecule has 0 spiro atoms. The summed E-state index contributed by atoms with van der Waals surface area (Å²) in [7, 11) is 3.81. The van der Waals surface area contributed by atoms with Gasteiger partial charge in [-0.15, -0.1) is 6.58 Å². The number of carbonyl (C=O) groups excluding carboxylic acids is 1. The van der Waals surface area contributed by atoms with Gasteiger partial charge in [-0.1, -0.05) is 6.08 Å². The van der Waals surface area contributed by atoms with E-state index in [1.54, 1.807) is 6.08 Å². The fraction of sp³-hybridized carbons (Fsp3) is 0.400. The van der Waals surface area contributed by atoms with Gasteiger partial charge < -0.3 is 9.64 Å². The Morgan fingerprint density at radius 3 is 2.43 bits per heavy atom. The van der Waals surface area contributed by atoms with E-state index < -0.39 is 10.9 Å². The van der Waals surface area contributed by atoms with Crippen molar-refractivity contribution in [2.45, 2.75) is 25.5 Å². The van der Waals surface area contributed by atoms with Crippen molar-refractivity contribution in [2.24, 2.45) is 0 Å². The highest BCUT2D eigenvalue weighted by Gasteiger charge is 2.23. The van der Waals surface area contributed by atoms with E-state index in [1.807, 2.05) is 25.9 Å². The molecule has 6 nitrogen and oxygen atoms in total. The van der Waals surface area contributed by atoms with Crippen molar-refractivity contribution in [2.75, 3.05) is 14.1 Å². The second kappa shape index (κ2) is 7.54. The molecule has 0 fully saturated rings. The summed E-state index contributed by atoms with van der Waals surface area (Å²) >= 11 is 0. The molecular formula is C15H20N2O4. The SMILES string of the molecule is C=CC[C@H](OC(=O)c1ccc([N+](=O)[O-])cc1)[C@H](C)N(C)C. The van der Waals surface area contributed by atoms with Crippen molar-refractivity contribution in [3.63, 3.8) is 0 Å². The number of nitro benzene ring substituents is 1. The van der Waals surface area contributed by atoms with Crippen molar-refractivity contribution in [3.8, 4) is 0 Å². The van der Waals surface area contributed by atoms with Crippen LogP contribution in [0.2, 0.25) is 0 Å². The number of ether oxygens (including phenoxy) is 1. The number of carbonyl (C=O) groups is 1. The van der Waals surface area contributed by atoms with Crippen LogP contribution in [0, 0.1) is 10.1 Å².